The van der Waals surface area contributed by atoms with E-state index in [0.29, 0.717) is 22.7 Å². The van der Waals surface area contributed by atoms with Crippen LogP contribution in [0.1, 0.15) is 15.9 Å². The van der Waals surface area contributed by atoms with Gasteiger partial charge < -0.3 is 14.8 Å². The lowest BCUT2D eigenvalue weighted by atomic mass is 10.1. The maximum atomic E-state index is 12.4. The number of nitro groups is 1. The van der Waals surface area contributed by atoms with Gasteiger partial charge in [-0.15, -0.1) is 0 Å². The molecule has 3 aromatic rings. The third-order valence-electron chi connectivity index (χ3n) is 4.42. The van der Waals surface area contributed by atoms with Crippen LogP contribution in [-0.2, 0) is 0 Å². The van der Waals surface area contributed by atoms with Crippen LogP contribution >= 0.6 is 11.6 Å². The largest absolute Gasteiger partial charge is 0.495 e. The molecule has 1 aromatic heterocycles. The Hall–Kier alpha value is -4.12. The normalized spacial score (nSPS) is 10.2. The van der Waals surface area contributed by atoms with Gasteiger partial charge in [-0.05, 0) is 24.6 Å². The highest BCUT2D eigenvalue weighted by Gasteiger charge is 2.25. The Labute approximate surface area is 187 Å². The van der Waals surface area contributed by atoms with Crippen LogP contribution in [-0.4, -0.2) is 35.0 Å². The van der Waals surface area contributed by atoms with E-state index in [2.05, 4.69) is 26.1 Å². The SMILES string of the molecule is COc1cc(OC)c(Nc2ncnc(NNC(=O)c3ccccc3C)c2[N+](=O)[O-])cc1Cl. The molecule has 3 N–H and O–H groups in total. The number of rotatable bonds is 8. The van der Waals surface area contributed by atoms with Crippen LogP contribution in [0.15, 0.2) is 42.7 Å². The first-order valence-corrected chi connectivity index (χ1v) is 9.53. The van der Waals surface area contributed by atoms with Gasteiger partial charge in [-0.2, -0.15) is 0 Å². The zero-order valence-corrected chi connectivity index (χ0v) is 18.1. The molecule has 0 saturated carbocycles. The third-order valence-corrected chi connectivity index (χ3v) is 4.71. The van der Waals surface area contributed by atoms with Crippen molar-refractivity contribution in [2.24, 2.45) is 0 Å². The predicted octanol–water partition coefficient (Wildman–Crippen LogP) is 3.86. The van der Waals surface area contributed by atoms with Crippen LogP contribution in [0.2, 0.25) is 5.02 Å². The number of halogens is 1. The molecule has 0 unspecified atom stereocenters. The van der Waals surface area contributed by atoms with Crippen LogP contribution in [0.3, 0.4) is 0 Å². The average molecular weight is 459 g/mol. The molecule has 32 heavy (non-hydrogen) atoms. The van der Waals surface area contributed by atoms with Crippen molar-refractivity contribution in [1.82, 2.24) is 15.4 Å². The first-order valence-electron chi connectivity index (χ1n) is 9.15. The lowest BCUT2D eigenvalue weighted by molar-refractivity contribution is -0.383. The molecule has 166 valence electrons. The van der Waals surface area contributed by atoms with Gasteiger partial charge in [-0.25, -0.2) is 9.97 Å². The van der Waals surface area contributed by atoms with Gasteiger partial charge in [0.1, 0.15) is 17.8 Å². The summed E-state index contributed by atoms with van der Waals surface area (Å²) in [7, 11) is 2.88. The van der Waals surface area contributed by atoms with Crippen molar-refractivity contribution in [2.45, 2.75) is 6.92 Å². The molecule has 12 heteroatoms. The summed E-state index contributed by atoms with van der Waals surface area (Å²) in [5, 5.41) is 14.9. The topological polar surface area (TPSA) is 141 Å². The molecule has 0 aliphatic carbocycles. The van der Waals surface area contributed by atoms with Gasteiger partial charge in [0, 0.05) is 11.6 Å². The van der Waals surface area contributed by atoms with Gasteiger partial charge in [0.25, 0.3) is 5.91 Å². The van der Waals surface area contributed by atoms with Crippen LogP contribution < -0.4 is 25.6 Å². The van der Waals surface area contributed by atoms with Crippen molar-refractivity contribution in [3.63, 3.8) is 0 Å². The van der Waals surface area contributed by atoms with Crippen LogP contribution in [0.5, 0.6) is 11.5 Å². The molecule has 0 radical (unpaired) electrons. The Morgan fingerprint density at radius 3 is 2.44 bits per heavy atom. The van der Waals surface area contributed by atoms with E-state index in [0.717, 1.165) is 11.9 Å². The van der Waals surface area contributed by atoms with Gasteiger partial charge >= 0.3 is 5.69 Å². The lowest BCUT2D eigenvalue weighted by Crippen LogP contribution is -2.30. The number of aryl methyl sites for hydroxylation is 1. The number of amides is 1. The van der Waals surface area contributed by atoms with E-state index in [4.69, 9.17) is 21.1 Å². The fraction of sp³-hybridized carbons (Fsp3) is 0.150. The molecule has 1 amide bonds. The molecule has 0 aliphatic rings. The third kappa shape index (κ3) is 4.78. The number of nitrogens with zero attached hydrogens (tertiary/aromatic N) is 3. The Kier molecular flexibility index (Phi) is 6.90. The van der Waals surface area contributed by atoms with Crippen molar-refractivity contribution >= 4 is 40.5 Å². The van der Waals surface area contributed by atoms with Crippen LogP contribution in [0.25, 0.3) is 0 Å². The number of methoxy groups -OCH3 is 2. The minimum atomic E-state index is -0.678. The van der Waals surface area contributed by atoms with Crippen molar-refractivity contribution in [2.75, 3.05) is 25.0 Å². The van der Waals surface area contributed by atoms with E-state index >= 15 is 0 Å². The fourth-order valence-corrected chi connectivity index (χ4v) is 3.07. The first-order chi connectivity index (χ1) is 15.3. The summed E-state index contributed by atoms with van der Waals surface area (Å²) in [6, 6.07) is 9.93. The smallest absolute Gasteiger partial charge is 0.355 e. The van der Waals surface area contributed by atoms with Gasteiger partial charge in [0.05, 0.1) is 29.9 Å². The number of nitrogens with one attached hydrogen (secondary N) is 3. The summed E-state index contributed by atoms with van der Waals surface area (Å²) in [4.78, 5) is 31.4. The Balaban J connectivity index is 1.90. The number of hydrogen-bond donors (Lipinski definition) is 3. The molecule has 0 saturated heterocycles. The van der Waals surface area contributed by atoms with E-state index in [1.807, 2.05) is 0 Å². The highest BCUT2D eigenvalue weighted by atomic mass is 35.5. The number of hydrogen-bond acceptors (Lipinski definition) is 9. The quantitative estimate of drug-likeness (QED) is 0.339. The summed E-state index contributed by atoms with van der Waals surface area (Å²) < 4.78 is 10.4. The molecule has 0 atom stereocenters. The maximum absolute atomic E-state index is 12.4. The van der Waals surface area contributed by atoms with Gasteiger partial charge in [-0.1, -0.05) is 29.8 Å². The number of anilines is 3. The second kappa shape index (κ2) is 9.79. The van der Waals surface area contributed by atoms with Gasteiger partial charge in [0.15, 0.2) is 0 Å². The number of ether oxygens (including phenoxy) is 2. The van der Waals surface area contributed by atoms with E-state index in [1.165, 1.54) is 26.4 Å². The summed E-state index contributed by atoms with van der Waals surface area (Å²) in [5.41, 5.74) is 5.89. The number of aromatic nitrogens is 2. The molecule has 1 heterocycles. The molecule has 2 aromatic carbocycles. The average Bonchev–Trinajstić information content (AvgIpc) is 2.77. The van der Waals surface area contributed by atoms with Crippen molar-refractivity contribution < 1.29 is 19.2 Å². The zero-order chi connectivity index (χ0) is 23.3. The Morgan fingerprint density at radius 1 is 1.09 bits per heavy atom. The molecule has 0 aliphatic heterocycles. The highest BCUT2D eigenvalue weighted by Crippen LogP contribution is 2.39. The second-order valence-electron chi connectivity index (χ2n) is 6.38. The summed E-state index contributed by atoms with van der Waals surface area (Å²) in [6.07, 6.45) is 1.11. The molecular weight excluding hydrogens is 440 g/mol. The summed E-state index contributed by atoms with van der Waals surface area (Å²) in [6.45, 7) is 1.78. The summed E-state index contributed by atoms with van der Waals surface area (Å²) >= 11 is 6.17. The van der Waals surface area contributed by atoms with E-state index in [-0.39, 0.29) is 16.7 Å². The van der Waals surface area contributed by atoms with E-state index < -0.39 is 16.5 Å². The molecule has 11 nitrogen and oxygen atoms in total. The van der Waals surface area contributed by atoms with E-state index in [1.54, 1.807) is 31.2 Å². The zero-order valence-electron chi connectivity index (χ0n) is 17.3. The standard InChI is InChI=1S/C20H19ClN6O5/c1-11-6-4-5-7-12(11)20(28)26-25-19-17(27(29)30)18(22-10-23-19)24-14-8-13(21)15(31-2)9-16(14)32-3/h4-10H,1-3H3,(H,26,28)(H2,22,23,24,25). The van der Waals surface area contributed by atoms with Crippen molar-refractivity contribution in [1.29, 1.82) is 0 Å². The Morgan fingerprint density at radius 2 is 1.78 bits per heavy atom. The highest BCUT2D eigenvalue weighted by molar-refractivity contribution is 6.32. The lowest BCUT2D eigenvalue weighted by Gasteiger charge is -2.14. The minimum absolute atomic E-state index is 0.142. The molecule has 0 fully saturated rings. The Bertz CT molecular complexity index is 1170. The maximum Gasteiger partial charge on any atom is 0.355 e. The molecule has 0 bridgehead atoms. The van der Waals surface area contributed by atoms with Gasteiger partial charge in [-0.3, -0.25) is 25.8 Å². The fourth-order valence-electron chi connectivity index (χ4n) is 2.83. The van der Waals surface area contributed by atoms with Crippen molar-refractivity contribution in [3.05, 3.63) is 69.0 Å². The number of carbonyl (C=O) groups is 1. The van der Waals surface area contributed by atoms with E-state index in [9.17, 15) is 14.9 Å². The number of benzene rings is 2. The second-order valence-corrected chi connectivity index (χ2v) is 6.79. The summed E-state index contributed by atoms with van der Waals surface area (Å²) in [5.74, 6) is -0.145. The molecule has 0 spiro atoms. The first kappa shape index (κ1) is 22.6. The minimum Gasteiger partial charge on any atom is -0.495 e. The number of carbonyl (C=O) groups excluding carboxylic acids is 1. The monoisotopic (exact) mass is 458 g/mol. The van der Waals surface area contributed by atoms with Crippen molar-refractivity contribution in [3.8, 4) is 11.5 Å². The molecule has 3 rings (SSSR count). The number of hydrazine groups is 1. The van der Waals surface area contributed by atoms with Gasteiger partial charge in [0.2, 0.25) is 11.6 Å². The predicted molar refractivity (Wildman–Crippen MR) is 119 cm³/mol. The van der Waals surface area contributed by atoms with Crippen LogP contribution in [0, 0.1) is 17.0 Å². The van der Waals surface area contributed by atoms with Crippen LogP contribution in [0.4, 0.5) is 23.0 Å². The molecular formula is C20H19ClN6O5.